The van der Waals surface area contributed by atoms with Crippen LogP contribution in [0, 0.1) is 5.92 Å². The van der Waals surface area contributed by atoms with Crippen molar-refractivity contribution in [1.29, 1.82) is 0 Å². The minimum atomic E-state index is 0.400. The summed E-state index contributed by atoms with van der Waals surface area (Å²) in [5, 5.41) is 0. The summed E-state index contributed by atoms with van der Waals surface area (Å²) < 4.78 is 5.77. The van der Waals surface area contributed by atoms with Crippen molar-refractivity contribution in [3.05, 3.63) is 0 Å². The Kier molecular flexibility index (Phi) is 3.82. The third kappa shape index (κ3) is 2.96. The summed E-state index contributed by atoms with van der Waals surface area (Å²) in [6, 6.07) is 0.400. The average Bonchev–Trinajstić information content (AvgIpc) is 2.19. The first-order valence-electron chi connectivity index (χ1n) is 6.22. The van der Waals surface area contributed by atoms with Gasteiger partial charge < -0.3 is 10.5 Å². The van der Waals surface area contributed by atoms with Crippen molar-refractivity contribution in [1.82, 2.24) is 0 Å². The lowest BCUT2D eigenvalue weighted by Crippen LogP contribution is -2.35. The van der Waals surface area contributed by atoms with E-state index in [2.05, 4.69) is 0 Å². The van der Waals surface area contributed by atoms with Crippen molar-refractivity contribution in [3.8, 4) is 0 Å². The van der Waals surface area contributed by atoms with Crippen LogP contribution < -0.4 is 5.73 Å². The van der Waals surface area contributed by atoms with Gasteiger partial charge in [0.2, 0.25) is 0 Å². The first-order chi connectivity index (χ1) is 6.84. The molecule has 0 aromatic heterocycles. The lowest BCUT2D eigenvalue weighted by Gasteiger charge is -2.31. The number of hydrogen-bond acceptors (Lipinski definition) is 2. The van der Waals surface area contributed by atoms with Gasteiger partial charge in [0.25, 0.3) is 0 Å². The average molecular weight is 197 g/mol. The third-order valence-electron chi connectivity index (χ3n) is 3.73. The Morgan fingerprint density at radius 3 is 2.57 bits per heavy atom. The quantitative estimate of drug-likeness (QED) is 0.738. The Morgan fingerprint density at radius 1 is 1.07 bits per heavy atom. The van der Waals surface area contributed by atoms with E-state index < -0.39 is 0 Å². The maximum Gasteiger partial charge on any atom is 0.0592 e. The van der Waals surface area contributed by atoms with Crippen molar-refractivity contribution in [3.63, 3.8) is 0 Å². The van der Waals surface area contributed by atoms with E-state index >= 15 is 0 Å². The Bertz CT molecular complexity index is 166. The predicted molar refractivity (Wildman–Crippen MR) is 58.1 cm³/mol. The van der Waals surface area contributed by atoms with E-state index in [9.17, 15) is 0 Å². The van der Waals surface area contributed by atoms with E-state index in [4.69, 9.17) is 10.5 Å². The molecule has 1 saturated heterocycles. The van der Waals surface area contributed by atoms with E-state index in [0.717, 1.165) is 25.4 Å². The molecule has 2 N–H and O–H groups in total. The van der Waals surface area contributed by atoms with Crippen LogP contribution in [-0.2, 0) is 4.74 Å². The van der Waals surface area contributed by atoms with Crippen LogP contribution in [0.1, 0.15) is 51.4 Å². The van der Waals surface area contributed by atoms with Crippen LogP contribution in [0.15, 0.2) is 0 Å². The minimum Gasteiger partial charge on any atom is -0.378 e. The molecule has 2 aliphatic rings. The lowest BCUT2D eigenvalue weighted by molar-refractivity contribution is -0.00895. The van der Waals surface area contributed by atoms with Crippen LogP contribution in [0.5, 0.6) is 0 Å². The molecule has 1 aliphatic carbocycles. The first-order valence-corrected chi connectivity index (χ1v) is 6.22. The van der Waals surface area contributed by atoms with Gasteiger partial charge in [0, 0.05) is 12.6 Å². The third-order valence-corrected chi connectivity index (χ3v) is 3.73. The summed E-state index contributed by atoms with van der Waals surface area (Å²) in [6.45, 7) is 0.887. The fraction of sp³-hybridized carbons (Fsp3) is 1.00. The second kappa shape index (κ2) is 5.13. The Morgan fingerprint density at radius 2 is 1.86 bits per heavy atom. The van der Waals surface area contributed by atoms with Gasteiger partial charge in [-0.2, -0.15) is 0 Å². The topological polar surface area (TPSA) is 35.2 Å². The van der Waals surface area contributed by atoms with Crippen LogP contribution in [0.4, 0.5) is 0 Å². The van der Waals surface area contributed by atoms with Gasteiger partial charge in [0.05, 0.1) is 6.10 Å². The molecule has 2 atom stereocenters. The number of nitrogens with two attached hydrogens (primary N) is 1. The molecule has 2 rings (SSSR count). The molecule has 1 aliphatic heterocycles. The van der Waals surface area contributed by atoms with Crippen LogP contribution in [0.2, 0.25) is 0 Å². The van der Waals surface area contributed by atoms with Gasteiger partial charge in [0.15, 0.2) is 0 Å². The monoisotopic (exact) mass is 197 g/mol. The minimum absolute atomic E-state index is 0.400. The van der Waals surface area contributed by atoms with E-state index in [-0.39, 0.29) is 0 Å². The molecule has 0 aromatic rings. The summed E-state index contributed by atoms with van der Waals surface area (Å²) in [5.41, 5.74) is 5.95. The fourth-order valence-corrected chi connectivity index (χ4v) is 2.87. The van der Waals surface area contributed by atoms with Gasteiger partial charge >= 0.3 is 0 Å². The Balaban J connectivity index is 1.72. The maximum absolute atomic E-state index is 5.95. The number of hydrogen-bond donors (Lipinski definition) is 1. The van der Waals surface area contributed by atoms with Crippen molar-refractivity contribution < 1.29 is 4.74 Å². The standard InChI is InChI=1S/C12H23NO/c13-11-6-7-14-12(9-11)8-10-4-2-1-3-5-10/h10-12H,1-9,13H2. The highest BCUT2D eigenvalue weighted by Gasteiger charge is 2.24. The van der Waals surface area contributed by atoms with Gasteiger partial charge in [-0.25, -0.2) is 0 Å². The van der Waals surface area contributed by atoms with Crippen LogP contribution in [-0.4, -0.2) is 18.8 Å². The molecule has 14 heavy (non-hydrogen) atoms. The van der Waals surface area contributed by atoms with E-state index in [1.807, 2.05) is 0 Å². The molecule has 82 valence electrons. The smallest absolute Gasteiger partial charge is 0.0592 e. The Labute approximate surface area is 87.2 Å². The summed E-state index contributed by atoms with van der Waals surface area (Å²) in [6.07, 6.45) is 11.1. The Hall–Kier alpha value is -0.0800. The largest absolute Gasteiger partial charge is 0.378 e. The van der Waals surface area contributed by atoms with E-state index in [0.29, 0.717) is 12.1 Å². The predicted octanol–water partition coefficient (Wildman–Crippen LogP) is 2.46. The molecular weight excluding hydrogens is 174 g/mol. The summed E-state index contributed by atoms with van der Waals surface area (Å²) in [5.74, 6) is 0.930. The first kappa shape index (κ1) is 10.4. The summed E-state index contributed by atoms with van der Waals surface area (Å²) in [4.78, 5) is 0. The molecule has 2 heteroatoms. The highest BCUT2D eigenvalue weighted by atomic mass is 16.5. The van der Waals surface area contributed by atoms with Crippen molar-refractivity contribution in [2.45, 2.75) is 63.5 Å². The molecule has 0 amide bonds. The lowest BCUT2D eigenvalue weighted by atomic mass is 9.84. The van der Waals surface area contributed by atoms with Gasteiger partial charge in [0.1, 0.15) is 0 Å². The maximum atomic E-state index is 5.95. The molecule has 1 heterocycles. The highest BCUT2D eigenvalue weighted by Crippen LogP contribution is 2.30. The summed E-state index contributed by atoms with van der Waals surface area (Å²) >= 11 is 0. The molecular formula is C12H23NO. The van der Waals surface area contributed by atoms with E-state index in [1.54, 1.807) is 0 Å². The van der Waals surface area contributed by atoms with Crippen molar-refractivity contribution in [2.75, 3.05) is 6.61 Å². The zero-order valence-electron chi connectivity index (χ0n) is 9.08. The normalized spacial score (nSPS) is 35.8. The zero-order valence-corrected chi connectivity index (χ0v) is 9.08. The van der Waals surface area contributed by atoms with E-state index in [1.165, 1.54) is 38.5 Å². The van der Waals surface area contributed by atoms with Gasteiger partial charge in [-0.3, -0.25) is 0 Å². The fourth-order valence-electron chi connectivity index (χ4n) is 2.87. The summed E-state index contributed by atoms with van der Waals surface area (Å²) in [7, 11) is 0. The second-order valence-corrected chi connectivity index (χ2v) is 5.02. The molecule has 0 bridgehead atoms. The SMILES string of the molecule is NC1CCOC(CC2CCCCC2)C1. The molecule has 0 spiro atoms. The van der Waals surface area contributed by atoms with Gasteiger partial charge in [-0.05, 0) is 25.2 Å². The van der Waals surface area contributed by atoms with Crippen molar-refractivity contribution >= 4 is 0 Å². The molecule has 1 saturated carbocycles. The highest BCUT2D eigenvalue weighted by molar-refractivity contribution is 4.77. The number of ether oxygens (including phenoxy) is 1. The molecule has 2 unspecified atom stereocenters. The molecule has 2 nitrogen and oxygen atoms in total. The van der Waals surface area contributed by atoms with Crippen molar-refractivity contribution in [2.24, 2.45) is 11.7 Å². The molecule has 0 aromatic carbocycles. The second-order valence-electron chi connectivity index (χ2n) is 5.02. The van der Waals surface area contributed by atoms with Crippen LogP contribution in [0.3, 0.4) is 0 Å². The van der Waals surface area contributed by atoms with Gasteiger partial charge in [-0.15, -0.1) is 0 Å². The molecule has 2 fully saturated rings. The van der Waals surface area contributed by atoms with Gasteiger partial charge in [-0.1, -0.05) is 32.1 Å². The zero-order chi connectivity index (χ0) is 9.80. The molecule has 0 radical (unpaired) electrons. The van der Waals surface area contributed by atoms with Crippen LogP contribution >= 0.6 is 0 Å². The number of rotatable bonds is 2. The van der Waals surface area contributed by atoms with Crippen LogP contribution in [0.25, 0.3) is 0 Å².